The summed E-state index contributed by atoms with van der Waals surface area (Å²) in [7, 11) is 0. The summed E-state index contributed by atoms with van der Waals surface area (Å²) in [5.74, 6) is 0. The normalized spacial score (nSPS) is 19.8. The topological polar surface area (TPSA) is 29.5 Å². The van der Waals surface area contributed by atoms with E-state index in [-0.39, 0.29) is 6.09 Å². The number of alkyl halides is 1. The van der Waals surface area contributed by atoms with Crippen LogP contribution in [0.5, 0.6) is 0 Å². The van der Waals surface area contributed by atoms with Gasteiger partial charge in [-0.1, -0.05) is 23.8 Å². The lowest BCUT2D eigenvalue weighted by atomic mass is 10.1. The second kappa shape index (κ2) is 4.51. The van der Waals surface area contributed by atoms with Crippen molar-refractivity contribution in [2.45, 2.75) is 25.3 Å². The molecule has 0 saturated carbocycles. The number of nitrogens with zero attached hydrogens (tertiary/aromatic N) is 1. The van der Waals surface area contributed by atoms with Crippen LogP contribution in [0.25, 0.3) is 0 Å². The van der Waals surface area contributed by atoms with Crippen molar-refractivity contribution in [2.75, 3.05) is 13.1 Å². The van der Waals surface area contributed by atoms with E-state index in [1.807, 2.05) is 0 Å². The number of halogens is 1. The standard InChI is InChI=1S/C9H14ClNO2/c1-7-3-5-11(6-4-7)9(12)13-8(2)10/h8H,1,3-6H2,2H3. The molecule has 74 valence electrons. The predicted molar refractivity (Wildman–Crippen MR) is 51.7 cm³/mol. The molecule has 1 aliphatic rings. The Kier molecular flexibility index (Phi) is 3.60. The van der Waals surface area contributed by atoms with Crippen molar-refractivity contribution < 1.29 is 9.53 Å². The fraction of sp³-hybridized carbons (Fsp3) is 0.667. The Labute approximate surface area is 83.3 Å². The zero-order valence-corrected chi connectivity index (χ0v) is 8.51. The largest absolute Gasteiger partial charge is 0.430 e. The fourth-order valence-corrected chi connectivity index (χ4v) is 1.30. The van der Waals surface area contributed by atoms with Crippen LogP contribution < -0.4 is 0 Å². The van der Waals surface area contributed by atoms with Crippen LogP contribution in [-0.2, 0) is 4.74 Å². The van der Waals surface area contributed by atoms with Crippen molar-refractivity contribution in [3.63, 3.8) is 0 Å². The van der Waals surface area contributed by atoms with Gasteiger partial charge in [0.2, 0.25) is 0 Å². The van der Waals surface area contributed by atoms with Crippen LogP contribution in [0.3, 0.4) is 0 Å². The van der Waals surface area contributed by atoms with Gasteiger partial charge in [0.1, 0.15) is 0 Å². The maximum absolute atomic E-state index is 11.3. The van der Waals surface area contributed by atoms with Crippen LogP contribution in [0.2, 0.25) is 0 Å². The van der Waals surface area contributed by atoms with Crippen molar-refractivity contribution in [1.29, 1.82) is 0 Å². The number of carbonyl (C=O) groups is 1. The van der Waals surface area contributed by atoms with Crippen molar-refractivity contribution in [3.8, 4) is 0 Å². The first-order valence-corrected chi connectivity index (χ1v) is 4.79. The number of amides is 1. The molecule has 1 rings (SSSR count). The Morgan fingerprint density at radius 3 is 2.62 bits per heavy atom. The molecule has 0 bridgehead atoms. The highest BCUT2D eigenvalue weighted by Gasteiger charge is 2.20. The summed E-state index contributed by atoms with van der Waals surface area (Å²) in [4.78, 5) is 13.0. The van der Waals surface area contributed by atoms with Gasteiger partial charge in [0.05, 0.1) is 0 Å². The molecule has 0 aromatic carbocycles. The van der Waals surface area contributed by atoms with Crippen LogP contribution >= 0.6 is 11.6 Å². The second-order valence-corrected chi connectivity index (χ2v) is 3.78. The smallest absolute Gasteiger partial charge is 0.411 e. The minimum absolute atomic E-state index is 0.324. The van der Waals surface area contributed by atoms with E-state index in [1.165, 1.54) is 5.57 Å². The lowest BCUT2D eigenvalue weighted by Gasteiger charge is -2.27. The Balaban J connectivity index is 2.35. The van der Waals surface area contributed by atoms with Crippen LogP contribution in [0.1, 0.15) is 19.8 Å². The number of hydrogen-bond acceptors (Lipinski definition) is 2. The summed E-state index contributed by atoms with van der Waals surface area (Å²) in [5, 5.41) is 0. The van der Waals surface area contributed by atoms with Gasteiger partial charge in [0.15, 0.2) is 5.56 Å². The van der Waals surface area contributed by atoms with Crippen molar-refractivity contribution in [3.05, 3.63) is 12.2 Å². The number of piperidine rings is 1. The van der Waals surface area contributed by atoms with Gasteiger partial charge in [0, 0.05) is 13.1 Å². The molecule has 1 aliphatic heterocycles. The Morgan fingerprint density at radius 1 is 1.62 bits per heavy atom. The maximum Gasteiger partial charge on any atom is 0.411 e. The zero-order valence-electron chi connectivity index (χ0n) is 7.75. The first-order chi connectivity index (χ1) is 6.09. The van der Waals surface area contributed by atoms with Gasteiger partial charge >= 0.3 is 6.09 Å². The molecule has 0 spiro atoms. The van der Waals surface area contributed by atoms with Crippen LogP contribution in [-0.4, -0.2) is 29.6 Å². The average Bonchev–Trinajstić information content (AvgIpc) is 2.04. The monoisotopic (exact) mass is 203 g/mol. The molecule has 1 unspecified atom stereocenters. The zero-order chi connectivity index (χ0) is 9.84. The molecule has 1 fully saturated rings. The maximum atomic E-state index is 11.3. The van der Waals surface area contributed by atoms with Crippen molar-refractivity contribution in [1.82, 2.24) is 4.90 Å². The Morgan fingerprint density at radius 2 is 2.15 bits per heavy atom. The van der Waals surface area contributed by atoms with Gasteiger partial charge in [0.25, 0.3) is 0 Å². The molecule has 4 heteroatoms. The predicted octanol–water partition coefficient (Wildman–Crippen LogP) is 2.36. The highest BCUT2D eigenvalue weighted by molar-refractivity contribution is 6.19. The average molecular weight is 204 g/mol. The van der Waals surface area contributed by atoms with E-state index in [2.05, 4.69) is 6.58 Å². The minimum Gasteiger partial charge on any atom is -0.430 e. The van der Waals surface area contributed by atoms with E-state index < -0.39 is 5.56 Å². The molecule has 1 saturated heterocycles. The first kappa shape index (κ1) is 10.4. The summed E-state index contributed by atoms with van der Waals surface area (Å²) in [6.45, 7) is 6.88. The molecule has 1 heterocycles. The molecule has 3 nitrogen and oxygen atoms in total. The van der Waals surface area contributed by atoms with Crippen LogP contribution in [0, 0.1) is 0 Å². The van der Waals surface area contributed by atoms with E-state index in [0.717, 1.165) is 12.8 Å². The molecule has 0 N–H and O–H groups in total. The van der Waals surface area contributed by atoms with Crippen LogP contribution in [0.4, 0.5) is 4.79 Å². The molecule has 0 aliphatic carbocycles. The fourth-order valence-electron chi connectivity index (χ4n) is 1.22. The number of likely N-dealkylation sites (tertiary alicyclic amines) is 1. The molecule has 0 aromatic heterocycles. The SMILES string of the molecule is C=C1CCN(C(=O)OC(C)Cl)CC1. The van der Waals surface area contributed by atoms with Gasteiger partial charge in [-0.2, -0.15) is 0 Å². The van der Waals surface area contributed by atoms with Gasteiger partial charge in [-0.15, -0.1) is 0 Å². The molecule has 0 radical (unpaired) electrons. The van der Waals surface area contributed by atoms with E-state index in [9.17, 15) is 4.79 Å². The van der Waals surface area contributed by atoms with Gasteiger partial charge in [-0.3, -0.25) is 0 Å². The van der Waals surface area contributed by atoms with Gasteiger partial charge < -0.3 is 9.64 Å². The third-order valence-electron chi connectivity index (χ3n) is 1.99. The van der Waals surface area contributed by atoms with E-state index >= 15 is 0 Å². The summed E-state index contributed by atoms with van der Waals surface area (Å²) in [6, 6.07) is 0. The summed E-state index contributed by atoms with van der Waals surface area (Å²) >= 11 is 5.53. The minimum atomic E-state index is -0.558. The third kappa shape index (κ3) is 3.27. The number of ether oxygens (including phenoxy) is 1. The lowest BCUT2D eigenvalue weighted by Crippen LogP contribution is -2.37. The Hall–Kier alpha value is -0.700. The summed E-state index contributed by atoms with van der Waals surface area (Å²) in [6.07, 6.45) is 1.41. The van der Waals surface area contributed by atoms with Gasteiger partial charge in [-0.25, -0.2) is 4.79 Å². The highest BCUT2D eigenvalue weighted by Crippen LogP contribution is 2.15. The Bertz CT molecular complexity index is 206. The highest BCUT2D eigenvalue weighted by atomic mass is 35.5. The molecule has 1 atom stereocenters. The number of carbonyl (C=O) groups excluding carboxylic acids is 1. The third-order valence-corrected chi connectivity index (χ3v) is 2.08. The quantitative estimate of drug-likeness (QED) is 0.484. The molecule has 13 heavy (non-hydrogen) atoms. The van der Waals surface area contributed by atoms with Crippen molar-refractivity contribution in [2.24, 2.45) is 0 Å². The molecular formula is C9H14ClNO2. The molecule has 1 amide bonds. The van der Waals surface area contributed by atoms with E-state index in [0.29, 0.717) is 13.1 Å². The van der Waals surface area contributed by atoms with Crippen LogP contribution in [0.15, 0.2) is 12.2 Å². The van der Waals surface area contributed by atoms with Gasteiger partial charge in [-0.05, 0) is 19.8 Å². The number of rotatable bonds is 1. The van der Waals surface area contributed by atoms with E-state index in [4.69, 9.17) is 16.3 Å². The first-order valence-electron chi connectivity index (χ1n) is 4.36. The van der Waals surface area contributed by atoms with Crippen molar-refractivity contribution >= 4 is 17.7 Å². The molecule has 0 aromatic rings. The van der Waals surface area contributed by atoms with E-state index in [1.54, 1.807) is 11.8 Å². The summed E-state index contributed by atoms with van der Waals surface area (Å²) in [5.41, 5.74) is 0.639. The summed E-state index contributed by atoms with van der Waals surface area (Å²) < 4.78 is 4.85. The second-order valence-electron chi connectivity index (χ2n) is 3.16. The lowest BCUT2D eigenvalue weighted by molar-refractivity contribution is 0.0932. The molecular weight excluding hydrogens is 190 g/mol. The number of hydrogen-bond donors (Lipinski definition) is 0.